The molecule has 0 spiro atoms. The largest absolute Gasteiger partial charge is 0.496 e. The Balaban J connectivity index is 2.80. The molecule has 0 bridgehead atoms. The molecule has 13 heavy (non-hydrogen) atoms. The van der Waals surface area contributed by atoms with Gasteiger partial charge in [-0.1, -0.05) is 0 Å². The van der Waals surface area contributed by atoms with Crippen LogP contribution in [0.3, 0.4) is 0 Å². The van der Waals surface area contributed by atoms with Crippen LogP contribution < -0.4 is 4.74 Å². The molecule has 68 valence electrons. The zero-order valence-corrected chi connectivity index (χ0v) is 11.4. The Kier molecular flexibility index (Phi) is 2.80. The van der Waals surface area contributed by atoms with E-state index in [1.807, 2.05) is 6.07 Å². The molecule has 0 aliphatic carbocycles. The van der Waals surface area contributed by atoms with Crippen molar-refractivity contribution in [1.29, 1.82) is 0 Å². The number of fused-ring (bicyclic) bond motifs is 1. The summed E-state index contributed by atoms with van der Waals surface area (Å²) in [5.41, 5.74) is 0. The van der Waals surface area contributed by atoms with Crippen molar-refractivity contribution in [2.24, 2.45) is 0 Å². The lowest BCUT2D eigenvalue weighted by atomic mass is 10.2. The summed E-state index contributed by atoms with van der Waals surface area (Å²) < 4.78 is 8.91. The standard InChI is InChI=1S/C9H6BrIOS/c1-12-7-2-5(11)3-8-6(7)4-9(10)13-8/h2-4H,1H3. The van der Waals surface area contributed by atoms with Gasteiger partial charge in [0.15, 0.2) is 0 Å². The highest BCUT2D eigenvalue weighted by atomic mass is 127. The maximum Gasteiger partial charge on any atom is 0.128 e. The van der Waals surface area contributed by atoms with Gasteiger partial charge in [0.2, 0.25) is 0 Å². The summed E-state index contributed by atoms with van der Waals surface area (Å²) in [4.78, 5) is 0. The van der Waals surface area contributed by atoms with Crippen LogP contribution in [0.4, 0.5) is 0 Å². The second-order valence-corrected chi connectivity index (χ2v) is 6.28. The average molecular weight is 369 g/mol. The second-order valence-electron chi connectivity index (χ2n) is 2.57. The molecule has 0 aliphatic heterocycles. The Morgan fingerprint density at radius 3 is 2.85 bits per heavy atom. The summed E-state index contributed by atoms with van der Waals surface area (Å²) in [7, 11) is 1.70. The fourth-order valence-electron chi connectivity index (χ4n) is 1.21. The van der Waals surface area contributed by atoms with E-state index in [0.29, 0.717) is 0 Å². The van der Waals surface area contributed by atoms with Gasteiger partial charge in [-0.2, -0.15) is 0 Å². The molecule has 0 unspecified atom stereocenters. The molecular formula is C9H6BrIOS. The Labute approximate surface area is 102 Å². The fourth-order valence-corrected chi connectivity index (χ4v) is 3.61. The molecule has 2 rings (SSSR count). The molecule has 0 N–H and O–H groups in total. The van der Waals surface area contributed by atoms with Crippen LogP contribution in [0.25, 0.3) is 10.1 Å². The fraction of sp³-hybridized carbons (Fsp3) is 0.111. The summed E-state index contributed by atoms with van der Waals surface area (Å²) in [5, 5.41) is 1.18. The normalized spacial score (nSPS) is 10.7. The molecule has 1 nitrogen and oxygen atoms in total. The third-order valence-corrected chi connectivity index (χ3v) is 3.96. The highest BCUT2D eigenvalue weighted by Crippen LogP contribution is 2.36. The van der Waals surface area contributed by atoms with Crippen molar-refractivity contribution < 1.29 is 4.74 Å². The van der Waals surface area contributed by atoms with Crippen LogP contribution in [-0.4, -0.2) is 7.11 Å². The van der Waals surface area contributed by atoms with E-state index in [2.05, 4.69) is 50.7 Å². The summed E-state index contributed by atoms with van der Waals surface area (Å²) in [6, 6.07) is 6.30. The quantitative estimate of drug-likeness (QED) is 0.683. The summed E-state index contributed by atoms with van der Waals surface area (Å²) >= 11 is 7.50. The van der Waals surface area contributed by atoms with Crippen LogP contribution in [-0.2, 0) is 0 Å². The smallest absolute Gasteiger partial charge is 0.128 e. The SMILES string of the molecule is COc1cc(I)cc2sc(Br)cc12. The van der Waals surface area contributed by atoms with E-state index in [4.69, 9.17) is 4.74 Å². The van der Waals surface area contributed by atoms with Gasteiger partial charge in [0.05, 0.1) is 10.9 Å². The highest BCUT2D eigenvalue weighted by molar-refractivity contribution is 14.1. The molecule has 0 fully saturated rings. The Morgan fingerprint density at radius 1 is 1.38 bits per heavy atom. The number of rotatable bonds is 1. The van der Waals surface area contributed by atoms with Gasteiger partial charge in [-0.25, -0.2) is 0 Å². The Morgan fingerprint density at radius 2 is 2.15 bits per heavy atom. The van der Waals surface area contributed by atoms with Crippen molar-refractivity contribution in [3.8, 4) is 5.75 Å². The van der Waals surface area contributed by atoms with Gasteiger partial charge in [-0.3, -0.25) is 0 Å². The van der Waals surface area contributed by atoms with E-state index in [1.54, 1.807) is 18.4 Å². The summed E-state index contributed by atoms with van der Waals surface area (Å²) in [6.45, 7) is 0. The summed E-state index contributed by atoms with van der Waals surface area (Å²) in [5.74, 6) is 0.948. The Bertz CT molecular complexity index is 452. The third-order valence-electron chi connectivity index (χ3n) is 1.75. The number of hydrogen-bond acceptors (Lipinski definition) is 2. The molecule has 1 aromatic heterocycles. The van der Waals surface area contributed by atoms with E-state index in [-0.39, 0.29) is 0 Å². The minimum Gasteiger partial charge on any atom is -0.496 e. The minimum absolute atomic E-state index is 0.948. The molecular weight excluding hydrogens is 363 g/mol. The highest BCUT2D eigenvalue weighted by Gasteiger charge is 2.06. The molecule has 0 saturated carbocycles. The van der Waals surface area contributed by atoms with Crippen molar-refractivity contribution in [1.82, 2.24) is 0 Å². The Hall–Kier alpha value is 0.190. The first-order chi connectivity index (χ1) is 6.20. The van der Waals surface area contributed by atoms with E-state index in [1.165, 1.54) is 13.7 Å². The van der Waals surface area contributed by atoms with E-state index in [0.717, 1.165) is 9.54 Å². The van der Waals surface area contributed by atoms with E-state index < -0.39 is 0 Å². The van der Waals surface area contributed by atoms with Crippen LogP contribution >= 0.6 is 49.9 Å². The molecule has 2 aromatic rings. The predicted octanol–water partition coefficient (Wildman–Crippen LogP) is 4.28. The zero-order valence-electron chi connectivity index (χ0n) is 6.80. The van der Waals surface area contributed by atoms with Crippen LogP contribution in [0.1, 0.15) is 0 Å². The maximum atomic E-state index is 5.30. The molecule has 0 aliphatic rings. The first kappa shape index (κ1) is 9.73. The molecule has 0 saturated heterocycles. The van der Waals surface area contributed by atoms with Gasteiger partial charge in [0.25, 0.3) is 0 Å². The number of hydrogen-bond donors (Lipinski definition) is 0. The summed E-state index contributed by atoms with van der Waals surface area (Å²) in [6.07, 6.45) is 0. The molecule has 1 heterocycles. The number of halogens is 2. The van der Waals surface area contributed by atoms with Crippen LogP contribution in [0.15, 0.2) is 22.0 Å². The molecule has 4 heteroatoms. The van der Waals surface area contributed by atoms with Crippen molar-refractivity contribution in [2.45, 2.75) is 0 Å². The molecule has 1 aromatic carbocycles. The third kappa shape index (κ3) is 1.85. The number of thiophene rings is 1. The van der Waals surface area contributed by atoms with Crippen LogP contribution in [0, 0.1) is 3.57 Å². The van der Waals surface area contributed by atoms with Gasteiger partial charge in [-0.15, -0.1) is 11.3 Å². The minimum atomic E-state index is 0.948. The van der Waals surface area contributed by atoms with E-state index >= 15 is 0 Å². The molecule has 0 amide bonds. The van der Waals surface area contributed by atoms with Crippen molar-refractivity contribution in [2.75, 3.05) is 7.11 Å². The van der Waals surface area contributed by atoms with E-state index in [9.17, 15) is 0 Å². The van der Waals surface area contributed by atoms with Gasteiger partial charge in [0, 0.05) is 13.7 Å². The van der Waals surface area contributed by atoms with Gasteiger partial charge in [-0.05, 0) is 56.7 Å². The lowest BCUT2D eigenvalue weighted by molar-refractivity contribution is 0.419. The van der Waals surface area contributed by atoms with Crippen molar-refractivity contribution in [3.63, 3.8) is 0 Å². The van der Waals surface area contributed by atoms with Crippen molar-refractivity contribution in [3.05, 3.63) is 25.6 Å². The maximum absolute atomic E-state index is 5.30. The molecule has 0 atom stereocenters. The van der Waals surface area contributed by atoms with Crippen LogP contribution in [0.5, 0.6) is 5.75 Å². The van der Waals surface area contributed by atoms with Crippen LogP contribution in [0.2, 0.25) is 0 Å². The van der Waals surface area contributed by atoms with Gasteiger partial charge in [0.1, 0.15) is 5.75 Å². The topological polar surface area (TPSA) is 9.23 Å². The average Bonchev–Trinajstić information content (AvgIpc) is 2.43. The predicted molar refractivity (Wildman–Crippen MR) is 68.8 cm³/mol. The zero-order chi connectivity index (χ0) is 9.42. The molecule has 0 radical (unpaired) electrons. The lowest BCUT2D eigenvalue weighted by Gasteiger charge is -2.01. The second kappa shape index (κ2) is 3.74. The first-order valence-electron chi connectivity index (χ1n) is 3.63. The van der Waals surface area contributed by atoms with Gasteiger partial charge < -0.3 is 4.74 Å². The van der Waals surface area contributed by atoms with Gasteiger partial charge >= 0.3 is 0 Å². The monoisotopic (exact) mass is 368 g/mol. The number of methoxy groups -OCH3 is 1. The number of benzene rings is 1. The number of ether oxygens (including phenoxy) is 1. The first-order valence-corrected chi connectivity index (χ1v) is 6.32. The van der Waals surface area contributed by atoms with Crippen molar-refractivity contribution >= 4 is 59.9 Å². The lowest BCUT2D eigenvalue weighted by Crippen LogP contribution is -1.83.